The van der Waals surface area contributed by atoms with Gasteiger partial charge in [-0.1, -0.05) is 115 Å². The lowest BCUT2D eigenvalue weighted by molar-refractivity contribution is 1.13. The summed E-state index contributed by atoms with van der Waals surface area (Å²) in [5.41, 5.74) is 13.9. The predicted octanol–water partition coefficient (Wildman–Crippen LogP) is 10.5. The number of fused-ring (bicyclic) bond motifs is 12. The molecule has 2 aliphatic heterocycles. The largest absolute Gasteiger partial charge is 0.375 e. The van der Waals surface area contributed by atoms with Crippen LogP contribution in [0.1, 0.15) is 0 Å². The molecular weight excluding hydrogens is 605 g/mol. The first-order valence-electron chi connectivity index (χ1n) is 17.4. The topological polar surface area (TPSA) is 13.1 Å². The van der Waals surface area contributed by atoms with Crippen LogP contribution in [0.3, 0.4) is 0 Å². The van der Waals surface area contributed by atoms with Gasteiger partial charge >= 0.3 is 6.85 Å². The van der Waals surface area contributed by atoms with Crippen LogP contribution in [0.5, 0.6) is 0 Å². The Morgan fingerprint density at radius 1 is 0.420 bits per heavy atom. The molecule has 0 atom stereocenters. The standard InChI is InChI=1S/C46H28BN3/c1-2-14-32(15-3-1)48-26-25-38-42(48)28-39-37-19-10-18-36-35-17-8-9-20-40(35)50(45(36)37)47-43-34-16-7-6-12-30(34)22-24-41(43)49(46(38)44(39)47)33-23-21-29-11-4-5-13-31(29)27-33/h1-28H. The summed E-state index contributed by atoms with van der Waals surface area (Å²) in [6.07, 6.45) is 2.25. The average molecular weight is 634 g/mol. The summed E-state index contributed by atoms with van der Waals surface area (Å²) in [7, 11) is 0. The third-order valence-corrected chi connectivity index (χ3v) is 11.3. The van der Waals surface area contributed by atoms with Gasteiger partial charge in [-0.3, -0.25) is 0 Å². The minimum absolute atomic E-state index is 0.0143. The molecule has 4 heterocycles. The van der Waals surface area contributed by atoms with E-state index in [9.17, 15) is 0 Å². The van der Waals surface area contributed by atoms with E-state index in [1.807, 2.05) is 0 Å². The van der Waals surface area contributed by atoms with Gasteiger partial charge in [0.05, 0.1) is 11.2 Å². The number of aromatic nitrogens is 2. The highest BCUT2D eigenvalue weighted by Gasteiger charge is 2.44. The minimum Gasteiger partial charge on any atom is -0.375 e. The van der Waals surface area contributed by atoms with Gasteiger partial charge < -0.3 is 13.9 Å². The molecule has 0 saturated heterocycles. The first-order valence-corrected chi connectivity index (χ1v) is 17.4. The molecule has 0 fully saturated rings. The number of nitrogens with zero attached hydrogens (tertiary/aromatic N) is 3. The number of hydrogen-bond donors (Lipinski definition) is 0. The number of hydrogen-bond acceptors (Lipinski definition) is 1. The Hall–Kier alpha value is -6.52. The zero-order valence-electron chi connectivity index (χ0n) is 27.1. The van der Waals surface area contributed by atoms with Crippen LogP contribution in [-0.2, 0) is 0 Å². The Bertz CT molecular complexity index is 3060. The van der Waals surface area contributed by atoms with Crippen LogP contribution in [-0.4, -0.2) is 15.9 Å². The lowest BCUT2D eigenvalue weighted by Gasteiger charge is -2.41. The highest BCUT2D eigenvalue weighted by molar-refractivity contribution is 6.92. The smallest absolute Gasteiger partial charge is 0.333 e. The maximum absolute atomic E-state index is 2.66. The maximum atomic E-state index is 2.66. The van der Waals surface area contributed by atoms with E-state index in [0.29, 0.717) is 0 Å². The fraction of sp³-hybridized carbons (Fsp3) is 0. The molecule has 0 bridgehead atoms. The molecule has 0 saturated carbocycles. The van der Waals surface area contributed by atoms with E-state index in [2.05, 4.69) is 184 Å². The van der Waals surface area contributed by atoms with Crippen molar-refractivity contribution in [3.8, 4) is 16.8 Å². The van der Waals surface area contributed by atoms with Crippen LogP contribution in [0.15, 0.2) is 170 Å². The maximum Gasteiger partial charge on any atom is 0.333 e. The van der Waals surface area contributed by atoms with Crippen LogP contribution in [0.4, 0.5) is 17.1 Å². The fourth-order valence-corrected chi connectivity index (χ4v) is 9.24. The third kappa shape index (κ3) is 3.30. The fourth-order valence-electron chi connectivity index (χ4n) is 9.24. The van der Waals surface area contributed by atoms with Crippen LogP contribution in [0.25, 0.3) is 71.1 Å². The van der Waals surface area contributed by atoms with Gasteiger partial charge in [0.2, 0.25) is 0 Å². The van der Waals surface area contributed by atoms with Gasteiger partial charge in [0, 0.05) is 56.0 Å². The van der Waals surface area contributed by atoms with Gasteiger partial charge in [-0.15, -0.1) is 0 Å². The molecule has 4 heteroatoms. The predicted molar refractivity (Wildman–Crippen MR) is 212 cm³/mol. The molecule has 0 unspecified atom stereocenters. The number of para-hydroxylation sites is 3. The monoisotopic (exact) mass is 633 g/mol. The van der Waals surface area contributed by atoms with Crippen molar-refractivity contribution >= 4 is 89.1 Å². The van der Waals surface area contributed by atoms with E-state index in [1.165, 1.54) is 93.4 Å². The van der Waals surface area contributed by atoms with Gasteiger partial charge in [0.15, 0.2) is 0 Å². The van der Waals surface area contributed by atoms with Crippen molar-refractivity contribution in [2.24, 2.45) is 0 Å². The van der Waals surface area contributed by atoms with E-state index in [-0.39, 0.29) is 6.85 Å². The molecule has 2 aromatic heterocycles. The first-order chi connectivity index (χ1) is 24.8. The van der Waals surface area contributed by atoms with Crippen LogP contribution in [0.2, 0.25) is 0 Å². The molecule has 0 amide bonds. The van der Waals surface area contributed by atoms with E-state index in [0.717, 1.165) is 5.69 Å². The summed E-state index contributed by atoms with van der Waals surface area (Å²) in [4.78, 5) is 2.57. The average Bonchev–Trinajstić information content (AvgIpc) is 3.76. The Kier molecular flexibility index (Phi) is 5.05. The molecule has 230 valence electrons. The molecule has 0 spiro atoms. The molecule has 12 rings (SSSR count). The lowest BCUT2D eigenvalue weighted by atomic mass is 9.44. The first kappa shape index (κ1) is 26.4. The normalized spacial score (nSPS) is 13.1. The van der Waals surface area contributed by atoms with Gasteiger partial charge in [-0.25, -0.2) is 0 Å². The van der Waals surface area contributed by atoms with Crippen molar-refractivity contribution in [2.45, 2.75) is 0 Å². The van der Waals surface area contributed by atoms with Crippen molar-refractivity contribution < 1.29 is 0 Å². The summed E-state index contributed by atoms with van der Waals surface area (Å²) < 4.78 is 5.02. The molecule has 2 aliphatic rings. The molecular formula is C46H28BN3. The summed E-state index contributed by atoms with van der Waals surface area (Å²) in [5, 5.41) is 8.90. The minimum atomic E-state index is -0.0143. The van der Waals surface area contributed by atoms with Crippen LogP contribution in [0, 0.1) is 0 Å². The van der Waals surface area contributed by atoms with Crippen molar-refractivity contribution in [3.05, 3.63) is 170 Å². The van der Waals surface area contributed by atoms with Crippen LogP contribution >= 0.6 is 0 Å². The molecule has 8 aromatic carbocycles. The zero-order chi connectivity index (χ0) is 32.5. The number of rotatable bonds is 2. The van der Waals surface area contributed by atoms with Crippen LogP contribution < -0.4 is 15.8 Å². The third-order valence-electron chi connectivity index (χ3n) is 11.3. The van der Waals surface area contributed by atoms with E-state index in [1.54, 1.807) is 0 Å². The molecule has 0 aliphatic carbocycles. The van der Waals surface area contributed by atoms with Gasteiger partial charge in [-0.2, -0.15) is 0 Å². The Morgan fingerprint density at radius 2 is 1.16 bits per heavy atom. The molecule has 3 nitrogen and oxygen atoms in total. The zero-order valence-corrected chi connectivity index (χ0v) is 27.1. The number of anilines is 3. The Balaban J connectivity index is 1.31. The lowest BCUT2D eigenvalue weighted by Crippen LogP contribution is -2.57. The highest BCUT2D eigenvalue weighted by atomic mass is 15.2. The van der Waals surface area contributed by atoms with Crippen molar-refractivity contribution in [3.63, 3.8) is 0 Å². The SMILES string of the molecule is c1ccc(-n2ccc3c4c5c(cc32)-c2cccc3c6ccccc6n(c23)B5c2c(ccc3ccccc23)N4c2ccc3ccccc3c2)cc1. The van der Waals surface area contributed by atoms with E-state index >= 15 is 0 Å². The van der Waals surface area contributed by atoms with Crippen molar-refractivity contribution in [1.82, 2.24) is 9.05 Å². The van der Waals surface area contributed by atoms with Gasteiger partial charge in [0.1, 0.15) is 0 Å². The Morgan fingerprint density at radius 3 is 2.06 bits per heavy atom. The second kappa shape index (κ2) is 9.55. The van der Waals surface area contributed by atoms with Crippen molar-refractivity contribution in [1.29, 1.82) is 0 Å². The van der Waals surface area contributed by atoms with Gasteiger partial charge in [-0.05, 0) is 86.6 Å². The second-order valence-corrected chi connectivity index (χ2v) is 13.7. The summed E-state index contributed by atoms with van der Waals surface area (Å²) in [5.74, 6) is 0. The molecule has 10 aromatic rings. The molecule has 0 radical (unpaired) electrons. The highest BCUT2D eigenvalue weighted by Crippen LogP contribution is 2.49. The second-order valence-electron chi connectivity index (χ2n) is 13.7. The Labute approximate surface area is 288 Å². The number of benzene rings is 8. The van der Waals surface area contributed by atoms with E-state index in [4.69, 9.17) is 0 Å². The summed E-state index contributed by atoms with van der Waals surface area (Å²) in [6, 6.07) is 60.7. The van der Waals surface area contributed by atoms with Crippen molar-refractivity contribution in [2.75, 3.05) is 4.90 Å². The summed E-state index contributed by atoms with van der Waals surface area (Å²) >= 11 is 0. The molecule has 50 heavy (non-hydrogen) atoms. The van der Waals surface area contributed by atoms with E-state index < -0.39 is 0 Å². The summed E-state index contributed by atoms with van der Waals surface area (Å²) in [6.45, 7) is -0.0143. The molecule has 0 N–H and O–H groups in total. The van der Waals surface area contributed by atoms with Gasteiger partial charge in [0.25, 0.3) is 0 Å². The quantitative estimate of drug-likeness (QED) is 0.173.